The lowest BCUT2D eigenvalue weighted by Gasteiger charge is -2.34. The molecule has 4 aromatic rings. The van der Waals surface area contributed by atoms with E-state index in [4.69, 9.17) is 10.5 Å². The molecule has 326 valence electrons. The van der Waals surface area contributed by atoms with Crippen LogP contribution in [0.2, 0.25) is 0 Å². The number of nitrogens with two attached hydrogens (primary N) is 1. The Labute approximate surface area is 349 Å². The smallest absolute Gasteiger partial charge is 0.331 e. The van der Waals surface area contributed by atoms with Gasteiger partial charge < -0.3 is 56.9 Å². The highest BCUT2D eigenvalue weighted by molar-refractivity contribution is 5.94. The van der Waals surface area contributed by atoms with Crippen LogP contribution >= 0.6 is 0 Å². The van der Waals surface area contributed by atoms with Crippen LogP contribution in [-0.4, -0.2) is 108 Å². The lowest BCUT2D eigenvalue weighted by atomic mass is 10.0. The van der Waals surface area contributed by atoms with Crippen LogP contribution in [0.3, 0.4) is 0 Å². The molecule has 1 saturated heterocycles. The number of aromatic hydroxyl groups is 1. The molecule has 0 spiro atoms. The van der Waals surface area contributed by atoms with E-state index in [2.05, 4.69) is 31.2 Å². The van der Waals surface area contributed by atoms with Gasteiger partial charge in [0, 0.05) is 55.5 Å². The molecule has 2 aromatic heterocycles. The topological polar surface area (TPSA) is 303 Å². The van der Waals surface area contributed by atoms with Gasteiger partial charge in [-0.3, -0.25) is 28.7 Å². The molecule has 5 amide bonds. The predicted octanol–water partition coefficient (Wildman–Crippen LogP) is 0.272. The second-order valence-corrected chi connectivity index (χ2v) is 15.3. The van der Waals surface area contributed by atoms with Crippen molar-refractivity contribution >= 4 is 40.6 Å². The number of nitrogens with one attached hydrogen (secondary N) is 6. The fourth-order valence-corrected chi connectivity index (χ4v) is 6.94. The van der Waals surface area contributed by atoms with Crippen LogP contribution < -0.4 is 38.2 Å². The van der Waals surface area contributed by atoms with E-state index < -0.39 is 83.5 Å². The number of H-pyrrole nitrogens is 2. The fourth-order valence-electron chi connectivity index (χ4n) is 6.94. The number of hydrogen-bond donors (Lipinski definition) is 10. The Morgan fingerprint density at radius 1 is 0.984 bits per heavy atom. The van der Waals surface area contributed by atoms with Gasteiger partial charge in [-0.25, -0.2) is 14.4 Å². The Morgan fingerprint density at radius 3 is 2.39 bits per heavy atom. The van der Waals surface area contributed by atoms with Crippen LogP contribution in [0, 0.1) is 5.92 Å². The van der Waals surface area contributed by atoms with Crippen molar-refractivity contribution in [2.75, 3.05) is 7.05 Å². The maximum Gasteiger partial charge on any atom is 0.331 e. The number of ether oxygens (including phenoxy) is 1. The van der Waals surface area contributed by atoms with E-state index in [1.165, 1.54) is 31.0 Å². The monoisotopic (exact) mass is 845 g/mol. The Morgan fingerprint density at radius 2 is 1.70 bits per heavy atom. The number of fused-ring (bicyclic) bond motifs is 1. The van der Waals surface area contributed by atoms with E-state index in [1.807, 2.05) is 18.2 Å². The zero-order chi connectivity index (χ0) is 44.5. The summed E-state index contributed by atoms with van der Waals surface area (Å²) in [4.78, 5) is 97.6. The third-order valence-electron chi connectivity index (χ3n) is 10.2. The zero-order valence-corrected chi connectivity index (χ0v) is 34.0. The molecule has 61 heavy (non-hydrogen) atoms. The molecule has 0 aliphatic carbocycles. The quantitative estimate of drug-likeness (QED) is 0.0686. The molecule has 0 bridgehead atoms. The molecule has 7 atom stereocenters. The van der Waals surface area contributed by atoms with Crippen molar-refractivity contribution in [3.8, 4) is 5.75 Å². The number of amides is 5. The van der Waals surface area contributed by atoms with Gasteiger partial charge in [-0.15, -0.1) is 0 Å². The van der Waals surface area contributed by atoms with Gasteiger partial charge in [0.25, 0.3) is 5.56 Å². The summed E-state index contributed by atoms with van der Waals surface area (Å²) in [6, 6.07) is 7.21. The van der Waals surface area contributed by atoms with E-state index in [0.717, 1.165) is 33.9 Å². The summed E-state index contributed by atoms with van der Waals surface area (Å²) in [5.74, 6) is -3.76. The number of urea groups is 1. The number of likely N-dealkylation sites (N-methyl/N-ethyl adjacent to an activating group) is 1. The first kappa shape index (κ1) is 45.2. The number of aromatic amines is 2. The van der Waals surface area contributed by atoms with Crippen molar-refractivity contribution in [1.29, 1.82) is 0 Å². The van der Waals surface area contributed by atoms with Crippen LogP contribution in [0.15, 0.2) is 88.5 Å². The Bertz CT molecular complexity index is 2390. The summed E-state index contributed by atoms with van der Waals surface area (Å²) in [6.07, 6.45) is 1.31. The van der Waals surface area contributed by atoms with Crippen LogP contribution in [0.25, 0.3) is 10.9 Å². The molecular weight excluding hydrogens is 795 g/mol. The Hall–Kier alpha value is -6.93. The summed E-state index contributed by atoms with van der Waals surface area (Å²) in [7, 11) is 1.39. The van der Waals surface area contributed by atoms with E-state index in [9.17, 15) is 48.9 Å². The normalized spacial score (nSPS) is 18.0. The predicted molar refractivity (Wildman–Crippen MR) is 221 cm³/mol. The number of carboxylic acids is 1. The van der Waals surface area contributed by atoms with E-state index in [-0.39, 0.29) is 43.1 Å². The second-order valence-electron chi connectivity index (χ2n) is 15.3. The lowest BCUT2D eigenvalue weighted by Crippen LogP contribution is -2.62. The van der Waals surface area contributed by atoms with Crippen molar-refractivity contribution in [1.82, 2.24) is 40.7 Å². The first-order chi connectivity index (χ1) is 28.9. The van der Waals surface area contributed by atoms with Gasteiger partial charge in [-0.2, -0.15) is 0 Å². The SMILES string of the molecule is CC(C)C[C@H](NC(=O)N[C@@H](Cc1c[nH]c2ccccc12)C(=O)O)C(=O)N[C@H](C(=O)N/C=C1\C[C@@H](O)[C@H](n2ccc(=O)[nH]c2=O)O1)[C@H](C)N(C)C(=O)[C@@H](N)Cc1cccc(O)c1. The van der Waals surface area contributed by atoms with Gasteiger partial charge in [-0.05, 0) is 55.0 Å². The van der Waals surface area contributed by atoms with Gasteiger partial charge in [0.15, 0.2) is 0 Å². The maximum absolute atomic E-state index is 14.1. The van der Waals surface area contributed by atoms with Crippen LogP contribution in [-0.2, 0) is 36.8 Å². The number of hydrogen-bond acceptors (Lipinski definition) is 11. The molecule has 5 rings (SSSR count). The number of aliphatic carboxylic acids is 1. The maximum atomic E-state index is 14.1. The molecule has 3 heterocycles. The van der Waals surface area contributed by atoms with Crippen molar-refractivity contribution < 1.29 is 44.0 Å². The zero-order valence-electron chi connectivity index (χ0n) is 34.0. The number of phenols is 1. The minimum absolute atomic E-state index is 0.0192. The number of carboxylic acid groups (broad SMARTS) is 1. The molecule has 2 aromatic carbocycles. The number of carbonyl (C=O) groups is 5. The molecule has 1 aliphatic heterocycles. The number of para-hydroxylation sites is 1. The number of nitrogens with zero attached hydrogens (tertiary/aromatic N) is 2. The Kier molecular flexibility index (Phi) is 14.7. The van der Waals surface area contributed by atoms with Gasteiger partial charge in [0.05, 0.1) is 12.1 Å². The minimum Gasteiger partial charge on any atom is -0.508 e. The van der Waals surface area contributed by atoms with Gasteiger partial charge in [0.1, 0.15) is 35.7 Å². The third-order valence-corrected chi connectivity index (χ3v) is 10.2. The highest BCUT2D eigenvalue weighted by atomic mass is 16.5. The average molecular weight is 846 g/mol. The Balaban J connectivity index is 1.35. The number of benzene rings is 2. The molecule has 1 aliphatic rings. The van der Waals surface area contributed by atoms with Crippen molar-refractivity contribution in [3.05, 3.63) is 111 Å². The summed E-state index contributed by atoms with van der Waals surface area (Å²) in [6.45, 7) is 5.08. The van der Waals surface area contributed by atoms with E-state index >= 15 is 0 Å². The minimum atomic E-state index is -1.51. The molecule has 11 N–H and O–H groups in total. The van der Waals surface area contributed by atoms with Crippen molar-refractivity contribution in [2.24, 2.45) is 11.7 Å². The van der Waals surface area contributed by atoms with Crippen LogP contribution in [0.4, 0.5) is 4.79 Å². The third kappa shape index (κ3) is 11.6. The number of aromatic nitrogens is 3. The first-order valence-corrected chi connectivity index (χ1v) is 19.5. The fraction of sp³-hybridized carbons (Fsp3) is 0.390. The number of rotatable bonds is 17. The largest absolute Gasteiger partial charge is 0.508 e. The molecule has 20 nitrogen and oxygen atoms in total. The van der Waals surface area contributed by atoms with Crippen LogP contribution in [0.1, 0.15) is 51.0 Å². The number of carbonyl (C=O) groups excluding carboxylic acids is 4. The first-order valence-electron chi connectivity index (χ1n) is 19.5. The van der Waals surface area contributed by atoms with Crippen molar-refractivity contribution in [2.45, 2.75) is 89.0 Å². The lowest BCUT2D eigenvalue weighted by molar-refractivity contribution is -0.139. The summed E-state index contributed by atoms with van der Waals surface area (Å²) in [5.41, 5.74) is 6.81. The highest BCUT2D eigenvalue weighted by Gasteiger charge is 2.37. The number of aliphatic hydroxyl groups excluding tert-OH is 1. The molecule has 0 saturated carbocycles. The molecule has 1 fully saturated rings. The summed E-state index contributed by atoms with van der Waals surface area (Å²) >= 11 is 0. The number of phenolic OH excluding ortho intramolecular Hbond substituents is 1. The standard InChI is InChI=1S/C41H51N9O11/c1-21(2)14-30(45-40(59)46-31(39(57)58)17-24-19-43-29-11-6-5-10-27(24)29)35(54)48-34(22(3)49(4)37(56)28(42)16-23-8-7-9-25(51)15-23)36(55)44-20-26-18-32(52)38(61-26)50-13-12-33(53)47-41(50)60/h5-13,15,19-22,28,30-32,34,38,43,51-52H,14,16-18,42H2,1-4H3,(H,44,55)(H,48,54)(H,57,58)(H2,45,46,59)(H,47,53,60)/b26-20+/t22-,28-,30-,31-,32+,34-,38+/m0/s1. The van der Waals surface area contributed by atoms with E-state index in [0.29, 0.717) is 11.1 Å². The van der Waals surface area contributed by atoms with Gasteiger partial charge >= 0.3 is 17.7 Å². The molecule has 0 unspecified atom stereocenters. The molecular formula is C41H51N9O11. The van der Waals surface area contributed by atoms with Gasteiger partial charge in [-0.1, -0.05) is 44.2 Å². The van der Waals surface area contributed by atoms with E-state index in [1.54, 1.807) is 38.2 Å². The van der Waals surface area contributed by atoms with Crippen LogP contribution in [0.5, 0.6) is 5.75 Å². The summed E-state index contributed by atoms with van der Waals surface area (Å²) < 4.78 is 6.69. The van der Waals surface area contributed by atoms with Crippen molar-refractivity contribution in [3.63, 3.8) is 0 Å². The molecule has 20 heteroatoms. The highest BCUT2D eigenvalue weighted by Crippen LogP contribution is 2.30. The summed E-state index contributed by atoms with van der Waals surface area (Å²) in [5, 5.41) is 41.5. The number of aliphatic hydroxyl groups is 1. The second kappa shape index (κ2) is 19.9. The molecule has 0 radical (unpaired) electrons. The van der Waals surface area contributed by atoms with Gasteiger partial charge in [0.2, 0.25) is 23.9 Å². The average Bonchev–Trinajstić information content (AvgIpc) is 3.79.